The molecule has 0 aliphatic carbocycles. The number of fused-ring (bicyclic) bond motifs is 2. The van der Waals surface area contributed by atoms with Crippen molar-refractivity contribution in [2.75, 3.05) is 18.9 Å². The number of pyridine rings is 1. The molecule has 4 heterocycles. The van der Waals surface area contributed by atoms with Crippen LogP contribution in [0.15, 0.2) is 61.1 Å². The second-order valence-electron chi connectivity index (χ2n) is 7.14. The Balaban J connectivity index is 1.51. The molecule has 0 saturated carbocycles. The van der Waals surface area contributed by atoms with E-state index in [1.54, 1.807) is 6.20 Å². The Kier molecular flexibility index (Phi) is 3.97. The van der Waals surface area contributed by atoms with Crippen molar-refractivity contribution in [3.8, 4) is 0 Å². The summed E-state index contributed by atoms with van der Waals surface area (Å²) in [5, 5.41) is 4.15. The van der Waals surface area contributed by atoms with E-state index in [-0.39, 0.29) is 11.9 Å². The molecule has 0 unspecified atom stereocenters. The molecule has 1 aromatic carbocycles. The quantitative estimate of drug-likeness (QED) is 0.593. The Bertz CT molecular complexity index is 1180. The normalized spacial score (nSPS) is 16.8. The average molecular weight is 371 g/mol. The molecular formula is C22H21N5O. The summed E-state index contributed by atoms with van der Waals surface area (Å²) in [5.74, 6) is 0.843. The van der Waals surface area contributed by atoms with Gasteiger partial charge in [-0.2, -0.15) is 0 Å². The summed E-state index contributed by atoms with van der Waals surface area (Å²) in [5.41, 5.74) is 3.46. The van der Waals surface area contributed by atoms with Crippen LogP contribution in [0.5, 0.6) is 0 Å². The maximum atomic E-state index is 13.3. The Morgan fingerprint density at radius 3 is 3.00 bits per heavy atom. The van der Waals surface area contributed by atoms with Crippen molar-refractivity contribution in [2.45, 2.75) is 18.9 Å². The van der Waals surface area contributed by atoms with Gasteiger partial charge in [0.05, 0.1) is 28.3 Å². The Labute approximate surface area is 162 Å². The Morgan fingerprint density at radius 1 is 1.21 bits per heavy atom. The topological polar surface area (TPSA) is 62.5 Å². The second kappa shape index (κ2) is 6.64. The van der Waals surface area contributed by atoms with Gasteiger partial charge in [0.15, 0.2) is 0 Å². The van der Waals surface area contributed by atoms with Gasteiger partial charge >= 0.3 is 0 Å². The van der Waals surface area contributed by atoms with E-state index in [0.717, 1.165) is 47.3 Å². The highest BCUT2D eigenvalue weighted by molar-refractivity contribution is 5.97. The van der Waals surface area contributed by atoms with Gasteiger partial charge in [0.25, 0.3) is 5.91 Å². The summed E-state index contributed by atoms with van der Waals surface area (Å²) in [4.78, 5) is 24.5. The van der Waals surface area contributed by atoms with Crippen LogP contribution >= 0.6 is 0 Å². The lowest BCUT2D eigenvalue weighted by Gasteiger charge is -2.25. The van der Waals surface area contributed by atoms with E-state index >= 15 is 0 Å². The number of rotatable bonds is 3. The van der Waals surface area contributed by atoms with Crippen LogP contribution in [0.25, 0.3) is 16.4 Å². The summed E-state index contributed by atoms with van der Waals surface area (Å²) < 4.78 is 2.06. The number of nitrogens with one attached hydrogen (secondary N) is 1. The van der Waals surface area contributed by atoms with Gasteiger partial charge in [0.1, 0.15) is 5.82 Å². The number of aromatic nitrogens is 3. The molecule has 6 nitrogen and oxygen atoms in total. The first-order valence-corrected chi connectivity index (χ1v) is 9.56. The number of para-hydroxylation sites is 1. The maximum absolute atomic E-state index is 13.3. The number of hydrogen-bond acceptors (Lipinski definition) is 4. The number of carbonyl (C=O) groups is 1. The van der Waals surface area contributed by atoms with Crippen LogP contribution < -0.4 is 5.32 Å². The number of benzene rings is 1. The summed E-state index contributed by atoms with van der Waals surface area (Å²) in [6.07, 6.45) is 7.61. The van der Waals surface area contributed by atoms with E-state index in [1.165, 1.54) is 0 Å². The zero-order valence-corrected chi connectivity index (χ0v) is 15.7. The zero-order valence-electron chi connectivity index (χ0n) is 15.7. The van der Waals surface area contributed by atoms with Gasteiger partial charge in [0, 0.05) is 37.6 Å². The lowest BCUT2D eigenvalue weighted by Crippen LogP contribution is -2.31. The number of amides is 1. The smallest absolute Gasteiger partial charge is 0.256 e. The number of hydrogen-bond donors (Lipinski definition) is 1. The van der Waals surface area contributed by atoms with Crippen molar-refractivity contribution in [3.05, 3.63) is 72.3 Å². The largest absolute Gasteiger partial charge is 0.371 e. The first-order valence-electron chi connectivity index (χ1n) is 9.56. The van der Waals surface area contributed by atoms with Crippen LogP contribution in [-0.4, -0.2) is 38.8 Å². The van der Waals surface area contributed by atoms with Gasteiger partial charge in [-0.3, -0.25) is 9.78 Å². The molecule has 140 valence electrons. The van der Waals surface area contributed by atoms with E-state index in [2.05, 4.69) is 14.7 Å². The average Bonchev–Trinajstić information content (AvgIpc) is 3.41. The number of anilines is 1. The molecule has 3 aromatic heterocycles. The van der Waals surface area contributed by atoms with E-state index in [4.69, 9.17) is 4.98 Å². The van der Waals surface area contributed by atoms with Crippen LogP contribution in [0.4, 0.5) is 5.82 Å². The standard InChI is InChI=1S/C22H21N5O/c1-23-21-20-9-4-10-26(20)14-18(25-21)19-8-5-11-27(19)22(28)16-12-15-6-2-3-7-17(15)24-13-16/h2-4,6-7,9-10,12-14,19H,5,8,11H2,1H3,(H,23,25)/t19-/m1/s1. The third kappa shape index (κ3) is 2.69. The molecule has 1 amide bonds. The summed E-state index contributed by atoms with van der Waals surface area (Å²) in [7, 11) is 1.87. The molecule has 1 aliphatic rings. The van der Waals surface area contributed by atoms with Crippen molar-refractivity contribution in [1.82, 2.24) is 19.3 Å². The molecule has 0 spiro atoms. The van der Waals surface area contributed by atoms with Gasteiger partial charge in [-0.25, -0.2) is 4.98 Å². The van der Waals surface area contributed by atoms with Crippen molar-refractivity contribution in [3.63, 3.8) is 0 Å². The lowest BCUT2D eigenvalue weighted by molar-refractivity contribution is 0.0732. The summed E-state index contributed by atoms with van der Waals surface area (Å²) in [6.45, 7) is 0.733. The minimum atomic E-state index is -0.0297. The highest BCUT2D eigenvalue weighted by Gasteiger charge is 2.32. The molecule has 1 aliphatic heterocycles. The molecule has 4 aromatic rings. The first kappa shape index (κ1) is 16.7. The first-order chi connectivity index (χ1) is 13.7. The molecule has 0 radical (unpaired) electrons. The minimum absolute atomic E-state index is 0.0150. The molecule has 1 atom stereocenters. The predicted molar refractivity (Wildman–Crippen MR) is 109 cm³/mol. The monoisotopic (exact) mass is 371 g/mol. The van der Waals surface area contributed by atoms with E-state index in [1.807, 2.05) is 66.8 Å². The molecule has 6 heteroatoms. The fraction of sp³-hybridized carbons (Fsp3) is 0.227. The van der Waals surface area contributed by atoms with E-state index < -0.39 is 0 Å². The third-order valence-electron chi connectivity index (χ3n) is 5.46. The molecule has 0 bridgehead atoms. The molecule has 1 N–H and O–H groups in total. The highest BCUT2D eigenvalue weighted by atomic mass is 16.2. The van der Waals surface area contributed by atoms with Crippen LogP contribution in [0.1, 0.15) is 34.9 Å². The Hall–Kier alpha value is -3.41. The van der Waals surface area contributed by atoms with Gasteiger partial charge in [-0.15, -0.1) is 0 Å². The fourth-order valence-corrected chi connectivity index (χ4v) is 4.08. The SMILES string of the molecule is CNc1nc([C@H]2CCCN2C(=O)c2cnc3ccccc3c2)cn2cccc12. The summed E-state index contributed by atoms with van der Waals surface area (Å²) in [6, 6.07) is 13.8. The van der Waals surface area contributed by atoms with Gasteiger partial charge in [-0.1, -0.05) is 18.2 Å². The summed E-state index contributed by atoms with van der Waals surface area (Å²) >= 11 is 0. The van der Waals surface area contributed by atoms with E-state index in [0.29, 0.717) is 5.56 Å². The van der Waals surface area contributed by atoms with Crippen molar-refractivity contribution in [2.24, 2.45) is 0 Å². The van der Waals surface area contributed by atoms with Crippen molar-refractivity contribution in [1.29, 1.82) is 0 Å². The molecule has 5 rings (SSSR count). The molecule has 28 heavy (non-hydrogen) atoms. The number of nitrogens with zero attached hydrogens (tertiary/aromatic N) is 4. The van der Waals surface area contributed by atoms with E-state index in [9.17, 15) is 4.79 Å². The predicted octanol–water partition coefficient (Wildman–Crippen LogP) is 3.90. The van der Waals surface area contributed by atoms with Gasteiger partial charge < -0.3 is 14.6 Å². The van der Waals surface area contributed by atoms with Gasteiger partial charge in [-0.05, 0) is 37.1 Å². The molecule has 1 fully saturated rings. The maximum Gasteiger partial charge on any atom is 0.256 e. The zero-order chi connectivity index (χ0) is 19.1. The lowest BCUT2D eigenvalue weighted by atomic mass is 10.1. The number of likely N-dealkylation sites (tertiary alicyclic amines) is 1. The fourth-order valence-electron chi connectivity index (χ4n) is 4.08. The van der Waals surface area contributed by atoms with Crippen molar-refractivity contribution >= 4 is 28.1 Å². The van der Waals surface area contributed by atoms with Gasteiger partial charge in [0.2, 0.25) is 0 Å². The minimum Gasteiger partial charge on any atom is -0.371 e. The highest BCUT2D eigenvalue weighted by Crippen LogP contribution is 2.33. The van der Waals surface area contributed by atoms with Crippen LogP contribution in [-0.2, 0) is 0 Å². The molecular weight excluding hydrogens is 350 g/mol. The Morgan fingerprint density at radius 2 is 2.11 bits per heavy atom. The molecule has 1 saturated heterocycles. The van der Waals surface area contributed by atoms with Crippen LogP contribution in [0.2, 0.25) is 0 Å². The number of carbonyl (C=O) groups excluding carboxylic acids is 1. The third-order valence-corrected chi connectivity index (χ3v) is 5.46. The van der Waals surface area contributed by atoms with Crippen LogP contribution in [0.3, 0.4) is 0 Å². The van der Waals surface area contributed by atoms with Crippen molar-refractivity contribution < 1.29 is 4.79 Å². The van der Waals surface area contributed by atoms with Crippen LogP contribution in [0, 0.1) is 0 Å². The second-order valence-corrected chi connectivity index (χ2v) is 7.14.